The van der Waals surface area contributed by atoms with Crippen LogP contribution in [0, 0.1) is 0 Å². The molecule has 1 aliphatic heterocycles. The molecular weight excluding hydrogens is 270 g/mol. The average Bonchev–Trinajstić information content (AvgIpc) is 2.27. The first-order chi connectivity index (χ1) is 8.64. The molecule has 0 aromatic heterocycles. The third kappa shape index (κ3) is 4.43. The van der Waals surface area contributed by atoms with E-state index in [-0.39, 0.29) is 19.1 Å². The largest absolute Gasteiger partial charge is 0.481 e. The topological polar surface area (TPSA) is 83.9 Å². The van der Waals surface area contributed by atoms with E-state index >= 15 is 0 Å². The lowest BCUT2D eigenvalue weighted by molar-refractivity contribution is -0.138. The van der Waals surface area contributed by atoms with Crippen molar-refractivity contribution >= 4 is 16.0 Å². The summed E-state index contributed by atoms with van der Waals surface area (Å²) in [4.78, 5) is 10.4. The maximum atomic E-state index is 12.2. The third-order valence-electron chi connectivity index (χ3n) is 3.18. The van der Waals surface area contributed by atoms with Gasteiger partial charge in [-0.2, -0.15) is 0 Å². The zero-order chi connectivity index (χ0) is 14.7. The first-order valence-electron chi connectivity index (χ1n) is 6.47. The monoisotopic (exact) mass is 293 g/mol. The van der Waals surface area contributed by atoms with Crippen molar-refractivity contribution in [2.45, 2.75) is 50.9 Å². The molecular formula is C12H23NO5S. The lowest BCUT2D eigenvalue weighted by Gasteiger charge is -2.35. The van der Waals surface area contributed by atoms with Crippen molar-refractivity contribution in [3.63, 3.8) is 0 Å². The van der Waals surface area contributed by atoms with E-state index in [2.05, 4.69) is 0 Å². The minimum atomic E-state index is -3.27. The Balaban J connectivity index is 2.43. The fourth-order valence-corrected chi connectivity index (χ4v) is 3.41. The fourth-order valence-electron chi connectivity index (χ4n) is 1.94. The summed E-state index contributed by atoms with van der Waals surface area (Å²) in [7, 11) is -3.27. The van der Waals surface area contributed by atoms with Gasteiger partial charge in [0.2, 0.25) is 10.0 Å². The van der Waals surface area contributed by atoms with Crippen LogP contribution in [-0.2, 0) is 19.6 Å². The minimum Gasteiger partial charge on any atom is -0.481 e. The van der Waals surface area contributed by atoms with E-state index in [1.165, 1.54) is 4.31 Å². The predicted octanol–water partition coefficient (Wildman–Crippen LogP) is 1.07. The molecule has 112 valence electrons. The zero-order valence-electron chi connectivity index (χ0n) is 11.8. The van der Waals surface area contributed by atoms with Crippen LogP contribution in [0.3, 0.4) is 0 Å². The number of sulfonamides is 1. The number of hydrogen-bond donors (Lipinski definition) is 1. The Hall–Kier alpha value is -0.660. The van der Waals surface area contributed by atoms with E-state index in [9.17, 15) is 13.2 Å². The number of hydrogen-bond acceptors (Lipinski definition) is 4. The lowest BCUT2D eigenvalue weighted by atomic mass is 10.1. The van der Waals surface area contributed by atoms with Gasteiger partial charge in [-0.3, -0.25) is 4.79 Å². The summed E-state index contributed by atoms with van der Waals surface area (Å²) < 4.78 is 30.6. The van der Waals surface area contributed by atoms with Crippen molar-refractivity contribution in [2.75, 3.05) is 19.7 Å². The molecule has 0 unspecified atom stereocenters. The van der Waals surface area contributed by atoms with Crippen molar-refractivity contribution in [3.05, 3.63) is 0 Å². The molecule has 0 amide bonds. The molecule has 0 aromatic carbocycles. The lowest BCUT2D eigenvalue weighted by Crippen LogP contribution is -2.47. The van der Waals surface area contributed by atoms with Gasteiger partial charge in [0.1, 0.15) is 0 Å². The van der Waals surface area contributed by atoms with Crippen LogP contribution < -0.4 is 0 Å². The highest BCUT2D eigenvalue weighted by atomic mass is 32.2. The summed E-state index contributed by atoms with van der Waals surface area (Å²) >= 11 is 0. The Labute approximate surface area is 114 Å². The van der Waals surface area contributed by atoms with Crippen LogP contribution in [0.2, 0.25) is 0 Å². The van der Waals surface area contributed by atoms with E-state index in [1.54, 1.807) is 20.8 Å². The molecule has 1 rings (SSSR count). The van der Waals surface area contributed by atoms with Crippen molar-refractivity contribution < 1.29 is 23.1 Å². The molecule has 1 heterocycles. The number of carboxylic acids is 1. The van der Waals surface area contributed by atoms with Gasteiger partial charge in [-0.15, -0.1) is 0 Å². The SMILES string of the molecule is CC(C)(C)S(=O)(=O)N1CCC(OCCC(=O)O)CC1. The number of ether oxygens (including phenoxy) is 1. The molecule has 7 heteroatoms. The Morgan fingerprint density at radius 1 is 1.32 bits per heavy atom. The van der Waals surface area contributed by atoms with Gasteiger partial charge >= 0.3 is 5.97 Å². The molecule has 0 saturated carbocycles. The standard InChI is InChI=1S/C12H23NO5S/c1-12(2,3)19(16,17)13-7-4-10(5-8-13)18-9-6-11(14)15/h10H,4-9H2,1-3H3,(H,14,15). The van der Waals surface area contributed by atoms with Gasteiger partial charge in [-0.1, -0.05) is 0 Å². The number of piperidine rings is 1. The van der Waals surface area contributed by atoms with Crippen LogP contribution in [0.1, 0.15) is 40.0 Å². The zero-order valence-corrected chi connectivity index (χ0v) is 12.6. The highest BCUT2D eigenvalue weighted by molar-refractivity contribution is 7.90. The van der Waals surface area contributed by atoms with Gasteiger partial charge in [0.25, 0.3) is 0 Å². The van der Waals surface area contributed by atoms with E-state index in [0.717, 1.165) is 0 Å². The number of rotatable bonds is 5. The quantitative estimate of drug-likeness (QED) is 0.819. The summed E-state index contributed by atoms with van der Waals surface area (Å²) in [5, 5.41) is 8.51. The first-order valence-corrected chi connectivity index (χ1v) is 7.91. The summed E-state index contributed by atoms with van der Waals surface area (Å²) in [6, 6.07) is 0. The van der Waals surface area contributed by atoms with Gasteiger partial charge in [-0.05, 0) is 33.6 Å². The molecule has 1 saturated heterocycles. The van der Waals surface area contributed by atoms with Crippen LogP contribution in [-0.4, -0.2) is 54.3 Å². The van der Waals surface area contributed by atoms with Crippen LogP contribution in [0.4, 0.5) is 0 Å². The number of carboxylic acid groups (broad SMARTS) is 1. The molecule has 1 fully saturated rings. The Kier molecular flexibility index (Phi) is 5.34. The molecule has 0 atom stereocenters. The number of aliphatic carboxylic acids is 1. The Morgan fingerprint density at radius 3 is 2.26 bits per heavy atom. The van der Waals surface area contributed by atoms with Gasteiger partial charge < -0.3 is 9.84 Å². The maximum absolute atomic E-state index is 12.2. The second-order valence-corrected chi connectivity index (χ2v) is 8.42. The molecule has 0 aliphatic carbocycles. The highest BCUT2D eigenvalue weighted by Crippen LogP contribution is 2.24. The van der Waals surface area contributed by atoms with Crippen molar-refractivity contribution in [1.29, 1.82) is 0 Å². The van der Waals surface area contributed by atoms with E-state index in [4.69, 9.17) is 9.84 Å². The minimum absolute atomic E-state index is 0.0134. The summed E-state index contributed by atoms with van der Waals surface area (Å²) in [6.45, 7) is 6.15. The van der Waals surface area contributed by atoms with E-state index < -0.39 is 20.7 Å². The molecule has 6 nitrogen and oxygen atoms in total. The van der Waals surface area contributed by atoms with Crippen LogP contribution in [0.25, 0.3) is 0 Å². The predicted molar refractivity (Wildman–Crippen MR) is 71.5 cm³/mol. The van der Waals surface area contributed by atoms with Gasteiger partial charge in [-0.25, -0.2) is 12.7 Å². The smallest absolute Gasteiger partial charge is 0.305 e. The third-order valence-corrected chi connectivity index (χ3v) is 5.78. The van der Waals surface area contributed by atoms with Crippen LogP contribution in [0.5, 0.6) is 0 Å². The summed E-state index contributed by atoms with van der Waals surface area (Å²) in [5.74, 6) is -0.882. The summed E-state index contributed by atoms with van der Waals surface area (Å²) in [5.41, 5.74) is 0. The Morgan fingerprint density at radius 2 is 1.84 bits per heavy atom. The molecule has 0 bridgehead atoms. The van der Waals surface area contributed by atoms with E-state index in [0.29, 0.717) is 25.9 Å². The normalized spacial score (nSPS) is 19.5. The van der Waals surface area contributed by atoms with Gasteiger partial charge in [0.15, 0.2) is 0 Å². The molecule has 0 radical (unpaired) electrons. The Bertz CT molecular complexity index is 404. The van der Waals surface area contributed by atoms with Crippen LogP contribution in [0.15, 0.2) is 0 Å². The summed E-state index contributed by atoms with van der Waals surface area (Å²) in [6.07, 6.45) is 1.19. The number of nitrogens with zero attached hydrogens (tertiary/aromatic N) is 1. The second-order valence-electron chi connectivity index (χ2n) is 5.73. The number of carbonyl (C=O) groups is 1. The van der Waals surface area contributed by atoms with Crippen LogP contribution >= 0.6 is 0 Å². The molecule has 1 N–H and O–H groups in total. The van der Waals surface area contributed by atoms with Gasteiger partial charge in [0.05, 0.1) is 23.9 Å². The van der Waals surface area contributed by atoms with Gasteiger partial charge in [0, 0.05) is 13.1 Å². The first kappa shape index (κ1) is 16.4. The van der Waals surface area contributed by atoms with E-state index in [1.807, 2.05) is 0 Å². The molecule has 0 spiro atoms. The van der Waals surface area contributed by atoms with Crippen molar-refractivity contribution in [1.82, 2.24) is 4.31 Å². The highest BCUT2D eigenvalue weighted by Gasteiger charge is 2.37. The second kappa shape index (κ2) is 6.19. The fraction of sp³-hybridized carbons (Fsp3) is 0.917. The molecule has 19 heavy (non-hydrogen) atoms. The molecule has 0 aromatic rings. The average molecular weight is 293 g/mol. The van der Waals surface area contributed by atoms with Crippen molar-refractivity contribution in [2.24, 2.45) is 0 Å². The molecule has 1 aliphatic rings. The van der Waals surface area contributed by atoms with Crippen molar-refractivity contribution in [3.8, 4) is 0 Å². The maximum Gasteiger partial charge on any atom is 0.305 e.